The first-order valence-corrected chi connectivity index (χ1v) is 12.5. The van der Waals surface area contributed by atoms with Crippen LogP contribution in [0.15, 0.2) is 66.7 Å². The molecule has 0 unspecified atom stereocenters. The molecule has 1 saturated heterocycles. The predicted octanol–water partition coefficient (Wildman–Crippen LogP) is 4.31. The smallest absolute Gasteiger partial charge is 0.478 e. The molecule has 1 aliphatic rings. The molecule has 3 aromatic carbocycles. The Balaban J connectivity index is 0.000000646. The number of aliphatic carboxylic acids is 1. The van der Waals surface area contributed by atoms with Gasteiger partial charge in [0.15, 0.2) is 0 Å². The van der Waals surface area contributed by atoms with Crippen molar-refractivity contribution >= 4 is 40.8 Å². The second-order valence-corrected chi connectivity index (χ2v) is 9.09. The van der Waals surface area contributed by atoms with Crippen LogP contribution in [-0.2, 0) is 9.59 Å². The fourth-order valence-electron chi connectivity index (χ4n) is 3.99. The maximum Gasteiger partial charge on any atom is 0.490 e. The average molecular weight is 609 g/mol. The molecule has 10 nitrogen and oxygen atoms in total. The molecule has 2 amide bonds. The number of nitrogens with zero attached hydrogens (tertiary/aromatic N) is 2. The van der Waals surface area contributed by atoms with Gasteiger partial charge in [-0.25, -0.2) is 18.4 Å². The summed E-state index contributed by atoms with van der Waals surface area (Å²) in [6.07, 6.45) is -5.08. The van der Waals surface area contributed by atoms with Crippen LogP contribution in [-0.4, -0.2) is 77.8 Å². The van der Waals surface area contributed by atoms with Gasteiger partial charge in [-0.2, -0.15) is 13.2 Å². The summed E-state index contributed by atoms with van der Waals surface area (Å²) in [6.45, 7) is 2.19. The second-order valence-electron chi connectivity index (χ2n) is 9.09. The lowest BCUT2D eigenvalue weighted by molar-refractivity contribution is -0.192. The van der Waals surface area contributed by atoms with E-state index in [1.54, 1.807) is 12.1 Å². The van der Waals surface area contributed by atoms with Gasteiger partial charge in [0.2, 0.25) is 5.91 Å². The van der Waals surface area contributed by atoms with Crippen LogP contribution in [0, 0.1) is 11.6 Å². The van der Waals surface area contributed by atoms with Gasteiger partial charge in [-0.05, 0) is 54.6 Å². The highest BCUT2D eigenvalue weighted by molar-refractivity contribution is 6.05. The Hall–Kier alpha value is -5.05. The number of benzene rings is 3. The van der Waals surface area contributed by atoms with Crippen molar-refractivity contribution in [3.63, 3.8) is 0 Å². The van der Waals surface area contributed by atoms with Gasteiger partial charge in [0.05, 0.1) is 23.4 Å². The number of rotatable bonds is 7. The number of hydrogen-bond acceptors (Lipinski definition) is 6. The van der Waals surface area contributed by atoms with Crippen LogP contribution in [0.5, 0.6) is 0 Å². The zero-order valence-electron chi connectivity index (χ0n) is 22.2. The van der Waals surface area contributed by atoms with Crippen molar-refractivity contribution in [1.82, 2.24) is 4.90 Å². The molecule has 0 aliphatic carbocycles. The van der Waals surface area contributed by atoms with Gasteiger partial charge in [0.25, 0.3) is 5.91 Å². The minimum atomic E-state index is -5.08. The zero-order valence-corrected chi connectivity index (χ0v) is 22.2. The molecule has 1 fully saturated rings. The van der Waals surface area contributed by atoms with E-state index >= 15 is 0 Å². The molecule has 0 radical (unpaired) electrons. The monoisotopic (exact) mass is 608 g/mol. The Morgan fingerprint density at radius 2 is 1.35 bits per heavy atom. The van der Waals surface area contributed by atoms with E-state index in [1.807, 2.05) is 9.80 Å². The molecule has 4 N–H and O–H groups in total. The summed E-state index contributed by atoms with van der Waals surface area (Å²) in [5.74, 6) is -5.87. The van der Waals surface area contributed by atoms with Crippen molar-refractivity contribution in [2.75, 3.05) is 48.3 Å². The van der Waals surface area contributed by atoms with E-state index in [4.69, 9.17) is 9.90 Å². The molecular weight excluding hydrogens is 583 g/mol. The number of carbonyl (C=O) groups is 4. The summed E-state index contributed by atoms with van der Waals surface area (Å²) in [6, 6.07) is 15.6. The summed E-state index contributed by atoms with van der Waals surface area (Å²) in [5.41, 5.74) is 1.09. The number of hydrogen-bond donors (Lipinski definition) is 4. The van der Waals surface area contributed by atoms with Crippen molar-refractivity contribution in [3.05, 3.63) is 89.5 Å². The van der Waals surface area contributed by atoms with Gasteiger partial charge < -0.3 is 25.7 Å². The molecular formula is C28H25F5N4O6. The lowest BCUT2D eigenvalue weighted by Gasteiger charge is -2.36. The number of carboxylic acids is 2. The Morgan fingerprint density at radius 3 is 1.91 bits per heavy atom. The van der Waals surface area contributed by atoms with Crippen LogP contribution < -0.4 is 15.5 Å². The molecule has 3 aromatic rings. The molecule has 0 bridgehead atoms. The largest absolute Gasteiger partial charge is 0.490 e. The number of nitrogens with one attached hydrogen (secondary N) is 2. The average Bonchev–Trinajstić information content (AvgIpc) is 2.94. The number of halogens is 5. The maximum absolute atomic E-state index is 13.9. The minimum Gasteiger partial charge on any atom is -0.478 e. The van der Waals surface area contributed by atoms with Crippen LogP contribution >= 0.6 is 0 Å². The Morgan fingerprint density at radius 1 is 0.767 bits per heavy atom. The third-order valence-corrected chi connectivity index (χ3v) is 6.05. The molecule has 0 saturated carbocycles. The fourth-order valence-corrected chi connectivity index (χ4v) is 3.99. The quantitative estimate of drug-likeness (QED) is 0.291. The zero-order chi connectivity index (χ0) is 31.7. The number of aromatic carboxylic acids is 1. The summed E-state index contributed by atoms with van der Waals surface area (Å²) in [7, 11) is 0. The SMILES string of the molecule is O=C(CN1CCN(c2ccc(NC(=O)c3ccccc3F)cc2C(=O)O)CC1)Nc1ccc(F)cc1.O=C(O)C(F)(F)F. The van der Waals surface area contributed by atoms with Gasteiger partial charge in [-0.1, -0.05) is 12.1 Å². The van der Waals surface area contributed by atoms with E-state index in [0.29, 0.717) is 37.6 Å². The first kappa shape index (κ1) is 32.5. The summed E-state index contributed by atoms with van der Waals surface area (Å²) >= 11 is 0. The van der Waals surface area contributed by atoms with E-state index in [1.165, 1.54) is 54.6 Å². The molecule has 228 valence electrons. The first-order valence-electron chi connectivity index (χ1n) is 12.5. The minimum absolute atomic E-state index is 0.00355. The molecule has 0 atom stereocenters. The third-order valence-electron chi connectivity index (χ3n) is 6.05. The van der Waals surface area contributed by atoms with Gasteiger partial charge in [-0.15, -0.1) is 0 Å². The maximum atomic E-state index is 13.9. The summed E-state index contributed by atoms with van der Waals surface area (Å²) in [5, 5.41) is 22.1. The van der Waals surface area contributed by atoms with Crippen molar-refractivity contribution in [1.29, 1.82) is 0 Å². The van der Waals surface area contributed by atoms with Gasteiger partial charge in [0, 0.05) is 37.6 Å². The summed E-state index contributed by atoms with van der Waals surface area (Å²) < 4.78 is 58.6. The van der Waals surface area contributed by atoms with E-state index in [-0.39, 0.29) is 35.1 Å². The number of amides is 2. The lowest BCUT2D eigenvalue weighted by Crippen LogP contribution is -2.49. The molecule has 15 heteroatoms. The molecule has 43 heavy (non-hydrogen) atoms. The molecule has 0 aromatic heterocycles. The fraction of sp³-hybridized carbons (Fsp3) is 0.214. The standard InChI is InChI=1S/C26H24F2N4O4.C2HF3O2/c27-17-5-7-18(8-6-17)29-24(33)16-31-11-13-32(14-12-31)23-10-9-19(15-21(23)26(35)36)30-25(34)20-3-1-2-4-22(20)28;3-2(4,5)1(6)7/h1-10,15H,11-14,16H2,(H,29,33)(H,30,34)(H,35,36);(H,6,7). The topological polar surface area (TPSA) is 139 Å². The number of anilines is 3. The Bertz CT molecular complexity index is 1480. The van der Waals surface area contributed by atoms with E-state index in [0.717, 1.165) is 0 Å². The van der Waals surface area contributed by atoms with E-state index < -0.39 is 29.8 Å². The number of carboxylic acid groups (broad SMARTS) is 2. The van der Waals surface area contributed by atoms with E-state index in [2.05, 4.69) is 10.6 Å². The predicted molar refractivity (Wildman–Crippen MR) is 145 cm³/mol. The molecule has 1 aliphatic heterocycles. The van der Waals surface area contributed by atoms with Crippen LogP contribution in [0.4, 0.5) is 39.0 Å². The van der Waals surface area contributed by atoms with Crippen molar-refractivity contribution in [2.24, 2.45) is 0 Å². The van der Waals surface area contributed by atoms with Crippen LogP contribution in [0.3, 0.4) is 0 Å². The molecule has 0 spiro atoms. The molecule has 4 rings (SSSR count). The summed E-state index contributed by atoms with van der Waals surface area (Å²) in [4.78, 5) is 49.4. The van der Waals surface area contributed by atoms with E-state index in [9.17, 15) is 41.4 Å². The highest BCUT2D eigenvalue weighted by atomic mass is 19.4. The number of alkyl halides is 3. The second kappa shape index (κ2) is 14.2. The van der Waals surface area contributed by atoms with Crippen LogP contribution in [0.25, 0.3) is 0 Å². The first-order chi connectivity index (χ1) is 20.2. The third kappa shape index (κ3) is 9.49. The highest BCUT2D eigenvalue weighted by Gasteiger charge is 2.38. The molecule has 1 heterocycles. The highest BCUT2D eigenvalue weighted by Crippen LogP contribution is 2.26. The lowest BCUT2D eigenvalue weighted by atomic mass is 10.1. The van der Waals surface area contributed by atoms with Gasteiger partial charge in [-0.3, -0.25) is 14.5 Å². The van der Waals surface area contributed by atoms with Crippen LogP contribution in [0.1, 0.15) is 20.7 Å². The van der Waals surface area contributed by atoms with Crippen molar-refractivity contribution < 1.29 is 51.3 Å². The normalized spacial score (nSPS) is 13.4. The van der Waals surface area contributed by atoms with Gasteiger partial charge >= 0.3 is 18.1 Å². The van der Waals surface area contributed by atoms with Crippen molar-refractivity contribution in [3.8, 4) is 0 Å². The van der Waals surface area contributed by atoms with Gasteiger partial charge in [0.1, 0.15) is 11.6 Å². The Labute approximate surface area is 241 Å². The van der Waals surface area contributed by atoms with Crippen LogP contribution in [0.2, 0.25) is 0 Å². The Kier molecular flexibility index (Phi) is 10.7. The number of carbonyl (C=O) groups excluding carboxylic acids is 2. The van der Waals surface area contributed by atoms with Crippen molar-refractivity contribution in [2.45, 2.75) is 6.18 Å². The number of piperazine rings is 1.